The fourth-order valence-corrected chi connectivity index (χ4v) is 4.59. The number of carbonyl (C=O) groups excluding carboxylic acids is 1. The SMILES string of the molecule is CC(=O)O[C@H](C)c1ccc2ccc(/C=C/[C@@H](C(=O)O)[C@@H](C)O[Si](C)(C)C(C)(C)C)cc2n1. The van der Waals surface area contributed by atoms with E-state index in [1.807, 2.05) is 37.3 Å². The second kappa shape index (κ2) is 9.96. The van der Waals surface area contributed by atoms with Crippen molar-refractivity contribution in [3.8, 4) is 0 Å². The van der Waals surface area contributed by atoms with Crippen LogP contribution in [0.2, 0.25) is 18.1 Å². The smallest absolute Gasteiger partial charge is 0.312 e. The van der Waals surface area contributed by atoms with Crippen molar-refractivity contribution >= 4 is 37.2 Å². The van der Waals surface area contributed by atoms with Gasteiger partial charge >= 0.3 is 11.9 Å². The minimum absolute atomic E-state index is 0.00100. The van der Waals surface area contributed by atoms with E-state index in [1.165, 1.54) is 6.92 Å². The number of esters is 1. The number of benzene rings is 1. The van der Waals surface area contributed by atoms with E-state index >= 15 is 0 Å². The first-order valence-electron chi connectivity index (χ1n) is 10.9. The maximum absolute atomic E-state index is 11.9. The summed E-state index contributed by atoms with van der Waals surface area (Å²) < 4.78 is 11.5. The molecule has 2 rings (SSSR count). The fourth-order valence-electron chi connectivity index (χ4n) is 3.16. The first-order valence-corrected chi connectivity index (χ1v) is 13.8. The number of aliphatic carboxylic acids is 1. The number of hydrogen-bond donors (Lipinski definition) is 1. The molecule has 0 spiro atoms. The number of hydrogen-bond acceptors (Lipinski definition) is 5. The Bertz CT molecular complexity index is 1010. The summed E-state index contributed by atoms with van der Waals surface area (Å²) >= 11 is 0. The second-order valence-corrected chi connectivity index (χ2v) is 14.5. The largest absolute Gasteiger partial charge is 0.481 e. The van der Waals surface area contributed by atoms with E-state index in [0.717, 1.165) is 16.5 Å². The van der Waals surface area contributed by atoms with Crippen LogP contribution < -0.4 is 0 Å². The van der Waals surface area contributed by atoms with Gasteiger partial charge < -0.3 is 14.3 Å². The Kier molecular flexibility index (Phi) is 8.01. The molecule has 0 saturated heterocycles. The highest BCUT2D eigenvalue weighted by molar-refractivity contribution is 6.74. The third-order valence-electron chi connectivity index (χ3n) is 6.07. The average Bonchev–Trinajstić information content (AvgIpc) is 2.65. The molecule has 1 N–H and O–H groups in total. The van der Waals surface area contributed by atoms with E-state index in [0.29, 0.717) is 5.69 Å². The minimum Gasteiger partial charge on any atom is -0.481 e. The summed E-state index contributed by atoms with van der Waals surface area (Å²) in [4.78, 5) is 27.8. The summed E-state index contributed by atoms with van der Waals surface area (Å²) in [5.41, 5.74) is 2.25. The topological polar surface area (TPSA) is 85.7 Å². The first-order chi connectivity index (χ1) is 14.7. The summed E-state index contributed by atoms with van der Waals surface area (Å²) in [6.45, 7) is 15.6. The van der Waals surface area contributed by atoms with Gasteiger partial charge in [0.2, 0.25) is 0 Å². The van der Waals surface area contributed by atoms with Gasteiger partial charge in [-0.2, -0.15) is 0 Å². The van der Waals surface area contributed by atoms with E-state index in [-0.39, 0.29) is 11.0 Å². The van der Waals surface area contributed by atoms with Crippen LogP contribution in [0, 0.1) is 5.92 Å². The zero-order valence-corrected chi connectivity index (χ0v) is 21.3. The maximum Gasteiger partial charge on any atom is 0.312 e. The van der Waals surface area contributed by atoms with Gasteiger partial charge in [0.1, 0.15) is 6.10 Å². The van der Waals surface area contributed by atoms with Gasteiger partial charge in [-0.15, -0.1) is 0 Å². The number of nitrogens with zero attached hydrogens (tertiary/aromatic N) is 1. The zero-order valence-electron chi connectivity index (χ0n) is 20.3. The van der Waals surface area contributed by atoms with Gasteiger partial charge in [0, 0.05) is 12.3 Å². The van der Waals surface area contributed by atoms with E-state index in [2.05, 4.69) is 38.8 Å². The molecule has 0 fully saturated rings. The molecular weight excluding hydrogens is 422 g/mol. The third kappa shape index (κ3) is 6.50. The predicted octanol–water partition coefficient (Wildman–Crippen LogP) is 5.98. The molecule has 1 aromatic carbocycles. The number of carboxylic acid groups (broad SMARTS) is 1. The Morgan fingerprint density at radius 1 is 1.12 bits per heavy atom. The first kappa shape index (κ1) is 25.7. The van der Waals surface area contributed by atoms with Gasteiger partial charge in [0.25, 0.3) is 0 Å². The van der Waals surface area contributed by atoms with Crippen LogP contribution in [0.5, 0.6) is 0 Å². The van der Waals surface area contributed by atoms with Gasteiger partial charge in [-0.1, -0.05) is 51.1 Å². The summed E-state index contributed by atoms with van der Waals surface area (Å²) in [5, 5.41) is 10.7. The van der Waals surface area contributed by atoms with Crippen LogP contribution in [0.1, 0.15) is 58.9 Å². The molecule has 0 bridgehead atoms. The summed E-state index contributed by atoms with van der Waals surface area (Å²) in [6.07, 6.45) is 2.60. The lowest BCUT2D eigenvalue weighted by Crippen LogP contribution is -2.45. The molecule has 0 radical (unpaired) electrons. The predicted molar refractivity (Wildman–Crippen MR) is 130 cm³/mol. The molecule has 0 aliphatic carbocycles. The molecule has 0 aliphatic heterocycles. The van der Waals surface area contributed by atoms with E-state index in [9.17, 15) is 14.7 Å². The lowest BCUT2D eigenvalue weighted by Gasteiger charge is -2.39. The Morgan fingerprint density at radius 2 is 1.75 bits per heavy atom. The molecule has 0 amide bonds. The molecule has 0 saturated carbocycles. The molecule has 0 unspecified atom stereocenters. The lowest BCUT2D eigenvalue weighted by molar-refractivity contribution is -0.146. The van der Waals surface area contributed by atoms with E-state index < -0.39 is 32.4 Å². The third-order valence-corrected chi connectivity index (χ3v) is 10.6. The Labute approximate surface area is 191 Å². The zero-order chi connectivity index (χ0) is 24.3. The van der Waals surface area contributed by atoms with Crippen molar-refractivity contribution in [2.24, 2.45) is 5.92 Å². The highest BCUT2D eigenvalue weighted by atomic mass is 28.4. The van der Waals surface area contributed by atoms with Gasteiger partial charge in [0.15, 0.2) is 8.32 Å². The molecule has 2 aromatic rings. The van der Waals surface area contributed by atoms with Crippen molar-refractivity contribution in [2.75, 3.05) is 0 Å². The molecule has 174 valence electrons. The number of pyridine rings is 1. The molecule has 1 aromatic heterocycles. The van der Waals surface area contributed by atoms with Crippen LogP contribution in [0.15, 0.2) is 36.4 Å². The van der Waals surface area contributed by atoms with Crippen molar-refractivity contribution in [1.29, 1.82) is 0 Å². The van der Waals surface area contributed by atoms with E-state index in [4.69, 9.17) is 9.16 Å². The maximum atomic E-state index is 11.9. The van der Waals surface area contributed by atoms with Crippen molar-refractivity contribution < 1.29 is 23.9 Å². The Hall–Kier alpha value is -2.51. The molecular formula is C25H35NO5Si. The number of aromatic nitrogens is 1. The number of carbonyl (C=O) groups is 2. The highest BCUT2D eigenvalue weighted by Gasteiger charge is 2.40. The standard InChI is InChI=1S/C25H35NO5Si/c1-16(31-32(7,8)25(4,5)6)21(24(28)29)13-10-19-9-11-20-12-14-22(26-23(20)15-19)17(2)30-18(3)27/h9-17,21H,1-8H3,(H,28,29)/b13-10+/t16-,17-,21-/m1/s1. The minimum atomic E-state index is -2.09. The van der Waals surface area contributed by atoms with Crippen LogP contribution in [0.3, 0.4) is 0 Å². The lowest BCUT2D eigenvalue weighted by atomic mass is 10.0. The van der Waals surface area contributed by atoms with Crippen LogP contribution in [0.4, 0.5) is 0 Å². The summed E-state index contributed by atoms with van der Waals surface area (Å²) in [6, 6.07) is 9.53. The highest BCUT2D eigenvalue weighted by Crippen LogP contribution is 2.38. The molecule has 3 atom stereocenters. The van der Waals surface area contributed by atoms with E-state index in [1.54, 1.807) is 19.1 Å². The molecule has 6 nitrogen and oxygen atoms in total. The van der Waals surface area contributed by atoms with Gasteiger partial charge in [0.05, 0.1) is 23.2 Å². The monoisotopic (exact) mass is 457 g/mol. The summed E-state index contributed by atoms with van der Waals surface area (Å²) in [5.74, 6) is -2.03. The van der Waals surface area contributed by atoms with Crippen LogP contribution >= 0.6 is 0 Å². The van der Waals surface area contributed by atoms with Crippen molar-refractivity contribution in [3.05, 3.63) is 47.7 Å². The average molecular weight is 458 g/mol. The van der Waals surface area contributed by atoms with Gasteiger partial charge in [-0.25, -0.2) is 4.98 Å². The quantitative estimate of drug-likeness (QED) is 0.387. The summed E-state index contributed by atoms with van der Waals surface area (Å²) in [7, 11) is -2.09. The molecule has 7 heteroatoms. The van der Waals surface area contributed by atoms with Crippen molar-refractivity contribution in [1.82, 2.24) is 4.98 Å². The number of fused-ring (bicyclic) bond motifs is 1. The van der Waals surface area contributed by atoms with Crippen molar-refractivity contribution in [2.45, 2.75) is 71.9 Å². The van der Waals surface area contributed by atoms with Crippen LogP contribution in [0.25, 0.3) is 17.0 Å². The molecule has 1 heterocycles. The van der Waals surface area contributed by atoms with Gasteiger partial charge in [-0.3, -0.25) is 9.59 Å². The number of ether oxygens (including phenoxy) is 1. The Morgan fingerprint density at radius 3 is 2.31 bits per heavy atom. The van der Waals surface area contributed by atoms with Crippen LogP contribution in [-0.2, 0) is 18.8 Å². The molecule has 32 heavy (non-hydrogen) atoms. The number of rotatable bonds is 8. The fraction of sp³-hybridized carbons (Fsp3) is 0.480. The van der Waals surface area contributed by atoms with Gasteiger partial charge in [-0.05, 0) is 49.7 Å². The Balaban J connectivity index is 2.27. The normalized spacial score (nSPS) is 15.5. The number of carboxylic acids is 1. The molecule has 0 aliphatic rings. The van der Waals surface area contributed by atoms with Crippen LogP contribution in [-0.4, -0.2) is 36.5 Å². The second-order valence-electron chi connectivity index (χ2n) is 9.75. The van der Waals surface area contributed by atoms with Crippen molar-refractivity contribution in [3.63, 3.8) is 0 Å².